The molecule has 0 fully saturated rings. The van der Waals surface area contributed by atoms with Crippen LogP contribution in [0.1, 0.15) is 22.8 Å². The highest BCUT2D eigenvalue weighted by Crippen LogP contribution is 2.14. The Hall–Kier alpha value is -1.69. The highest BCUT2D eigenvalue weighted by atomic mass is 19.1. The van der Waals surface area contributed by atoms with Crippen LogP contribution in [0.3, 0.4) is 0 Å². The molecule has 0 spiro atoms. The van der Waals surface area contributed by atoms with Gasteiger partial charge in [0.25, 0.3) is 0 Å². The van der Waals surface area contributed by atoms with Gasteiger partial charge in [0.15, 0.2) is 5.78 Å². The van der Waals surface area contributed by atoms with E-state index in [2.05, 4.69) is 0 Å². The number of hydrogen-bond donors (Lipinski definition) is 0. The minimum atomic E-state index is -0.800. The van der Waals surface area contributed by atoms with Gasteiger partial charge in [-0.2, -0.15) is 5.26 Å². The molecule has 0 N–H and O–H groups in total. The van der Waals surface area contributed by atoms with E-state index in [1.165, 1.54) is 19.1 Å². The van der Waals surface area contributed by atoms with Gasteiger partial charge in [0, 0.05) is 0 Å². The molecule has 0 saturated heterocycles. The fraction of sp³-hybridized carbons (Fsp3) is 0.273. The van der Waals surface area contributed by atoms with Crippen molar-refractivity contribution in [2.24, 2.45) is 5.92 Å². The summed E-state index contributed by atoms with van der Waals surface area (Å²) >= 11 is 0. The highest BCUT2D eigenvalue weighted by Gasteiger charge is 2.17. The van der Waals surface area contributed by atoms with Crippen LogP contribution in [0, 0.1) is 30.0 Å². The van der Waals surface area contributed by atoms with E-state index in [1.807, 2.05) is 0 Å². The molecule has 1 rings (SSSR count). The zero-order chi connectivity index (χ0) is 10.7. The van der Waals surface area contributed by atoms with E-state index in [4.69, 9.17) is 5.26 Å². The lowest BCUT2D eigenvalue weighted by Gasteiger charge is -2.04. The Kier molecular flexibility index (Phi) is 2.98. The van der Waals surface area contributed by atoms with E-state index in [1.54, 1.807) is 19.1 Å². The van der Waals surface area contributed by atoms with Gasteiger partial charge in [0.05, 0.1) is 11.6 Å². The van der Waals surface area contributed by atoms with Crippen LogP contribution in [-0.2, 0) is 0 Å². The number of hydrogen-bond acceptors (Lipinski definition) is 2. The van der Waals surface area contributed by atoms with Crippen molar-refractivity contribution in [1.82, 2.24) is 0 Å². The van der Waals surface area contributed by atoms with Crippen molar-refractivity contribution in [1.29, 1.82) is 5.26 Å². The zero-order valence-electron chi connectivity index (χ0n) is 8.04. The molecular formula is C11H10FNO. The Morgan fingerprint density at radius 1 is 1.57 bits per heavy atom. The Bertz CT molecular complexity index is 406. The van der Waals surface area contributed by atoms with Gasteiger partial charge < -0.3 is 0 Å². The number of nitriles is 1. The van der Waals surface area contributed by atoms with Crippen LogP contribution in [0.25, 0.3) is 0 Å². The minimum Gasteiger partial charge on any atom is -0.293 e. The summed E-state index contributed by atoms with van der Waals surface area (Å²) in [5.74, 6) is -1.83. The monoisotopic (exact) mass is 191 g/mol. The van der Waals surface area contributed by atoms with Crippen LogP contribution >= 0.6 is 0 Å². The van der Waals surface area contributed by atoms with Crippen molar-refractivity contribution < 1.29 is 9.18 Å². The van der Waals surface area contributed by atoms with E-state index in [0.717, 1.165) is 5.56 Å². The Labute approximate surface area is 82.0 Å². The number of rotatable bonds is 2. The predicted molar refractivity (Wildman–Crippen MR) is 50.2 cm³/mol. The highest BCUT2D eigenvalue weighted by molar-refractivity contribution is 5.99. The molecule has 3 heteroatoms. The molecule has 72 valence electrons. The number of ketones is 1. The molecule has 0 bridgehead atoms. The molecule has 0 aliphatic rings. The maximum atomic E-state index is 13.2. The van der Waals surface area contributed by atoms with Gasteiger partial charge in [-0.1, -0.05) is 11.6 Å². The second kappa shape index (κ2) is 4.01. The van der Waals surface area contributed by atoms with Gasteiger partial charge in [-0.25, -0.2) is 4.39 Å². The summed E-state index contributed by atoms with van der Waals surface area (Å²) in [4.78, 5) is 11.5. The van der Waals surface area contributed by atoms with Crippen LogP contribution in [0.2, 0.25) is 0 Å². The Balaban J connectivity index is 3.14. The summed E-state index contributed by atoms with van der Waals surface area (Å²) in [6.45, 7) is 3.23. The first-order chi connectivity index (χ1) is 6.56. The maximum absolute atomic E-state index is 13.2. The number of nitrogens with zero attached hydrogens (tertiary/aromatic N) is 1. The predicted octanol–water partition coefficient (Wildman–Crippen LogP) is 2.48. The summed E-state index contributed by atoms with van der Waals surface area (Å²) in [5.41, 5.74) is 0.805. The van der Waals surface area contributed by atoms with Gasteiger partial charge in [-0.15, -0.1) is 0 Å². The van der Waals surface area contributed by atoms with Crippen LogP contribution < -0.4 is 0 Å². The van der Waals surface area contributed by atoms with Crippen LogP contribution in [0.4, 0.5) is 4.39 Å². The second-order valence-corrected chi connectivity index (χ2v) is 3.20. The third-order valence-electron chi connectivity index (χ3n) is 1.97. The molecule has 0 aromatic heterocycles. The van der Waals surface area contributed by atoms with Crippen LogP contribution in [0.5, 0.6) is 0 Å². The lowest BCUT2D eigenvalue weighted by Crippen LogP contribution is -2.11. The topological polar surface area (TPSA) is 40.9 Å². The number of benzene rings is 1. The van der Waals surface area contributed by atoms with E-state index in [-0.39, 0.29) is 5.56 Å². The average molecular weight is 191 g/mol. The van der Waals surface area contributed by atoms with Gasteiger partial charge in [-0.3, -0.25) is 4.79 Å². The summed E-state index contributed by atoms with van der Waals surface area (Å²) in [7, 11) is 0. The van der Waals surface area contributed by atoms with E-state index < -0.39 is 17.5 Å². The van der Waals surface area contributed by atoms with E-state index in [0.29, 0.717) is 0 Å². The molecule has 1 unspecified atom stereocenters. The third kappa shape index (κ3) is 1.97. The van der Waals surface area contributed by atoms with Gasteiger partial charge in [0.2, 0.25) is 0 Å². The number of carbonyl (C=O) groups is 1. The Morgan fingerprint density at radius 2 is 2.21 bits per heavy atom. The van der Waals surface area contributed by atoms with Crippen molar-refractivity contribution in [3.63, 3.8) is 0 Å². The molecule has 0 radical (unpaired) electrons. The fourth-order valence-electron chi connectivity index (χ4n) is 1.12. The molecule has 1 aromatic carbocycles. The van der Waals surface area contributed by atoms with Gasteiger partial charge in [0.1, 0.15) is 11.7 Å². The smallest absolute Gasteiger partial charge is 0.182 e. The largest absolute Gasteiger partial charge is 0.293 e. The molecule has 1 atom stereocenters. The standard InChI is InChI=1S/C11H10FNO/c1-7-3-4-10(12)9(5-7)11(14)8(2)6-13/h3-5,8H,1-2H3. The lowest BCUT2D eigenvalue weighted by atomic mass is 9.99. The molecule has 0 aliphatic carbocycles. The van der Waals surface area contributed by atoms with Crippen molar-refractivity contribution in [2.45, 2.75) is 13.8 Å². The first kappa shape index (κ1) is 10.4. The SMILES string of the molecule is Cc1ccc(F)c(C(=O)C(C)C#N)c1. The van der Waals surface area contributed by atoms with Crippen molar-refractivity contribution in [3.8, 4) is 6.07 Å². The van der Waals surface area contributed by atoms with Crippen molar-refractivity contribution in [2.75, 3.05) is 0 Å². The normalized spacial score (nSPS) is 11.9. The molecule has 0 saturated carbocycles. The molecule has 14 heavy (non-hydrogen) atoms. The first-order valence-corrected chi connectivity index (χ1v) is 4.26. The maximum Gasteiger partial charge on any atom is 0.182 e. The molecule has 0 amide bonds. The molecule has 0 aliphatic heterocycles. The number of aryl methyl sites for hydroxylation is 1. The quantitative estimate of drug-likeness (QED) is 0.674. The Morgan fingerprint density at radius 3 is 2.79 bits per heavy atom. The fourth-order valence-corrected chi connectivity index (χ4v) is 1.12. The number of carbonyl (C=O) groups excluding carboxylic acids is 1. The van der Waals surface area contributed by atoms with E-state index in [9.17, 15) is 9.18 Å². The molecular weight excluding hydrogens is 181 g/mol. The van der Waals surface area contributed by atoms with E-state index >= 15 is 0 Å². The van der Waals surface area contributed by atoms with Crippen molar-refractivity contribution in [3.05, 3.63) is 35.1 Å². The lowest BCUT2D eigenvalue weighted by molar-refractivity contribution is 0.0952. The van der Waals surface area contributed by atoms with Crippen molar-refractivity contribution >= 4 is 5.78 Å². The van der Waals surface area contributed by atoms with Gasteiger partial charge in [-0.05, 0) is 26.0 Å². The summed E-state index contributed by atoms with van der Waals surface area (Å²) in [6, 6.07) is 6.09. The summed E-state index contributed by atoms with van der Waals surface area (Å²) in [6.07, 6.45) is 0. The molecule has 1 aromatic rings. The molecule has 0 heterocycles. The zero-order valence-corrected chi connectivity index (χ0v) is 8.04. The van der Waals surface area contributed by atoms with Gasteiger partial charge >= 0.3 is 0 Å². The average Bonchev–Trinajstić information content (AvgIpc) is 2.19. The second-order valence-electron chi connectivity index (χ2n) is 3.20. The third-order valence-corrected chi connectivity index (χ3v) is 1.97. The van der Waals surface area contributed by atoms with Crippen LogP contribution in [0.15, 0.2) is 18.2 Å². The first-order valence-electron chi connectivity index (χ1n) is 4.26. The minimum absolute atomic E-state index is 0.000880. The summed E-state index contributed by atoms with van der Waals surface area (Å²) in [5, 5.41) is 8.53. The number of Topliss-reactive ketones (excluding diaryl/α,β-unsaturated/α-hetero) is 1. The van der Waals surface area contributed by atoms with Crippen LogP contribution in [-0.4, -0.2) is 5.78 Å². The molecule has 2 nitrogen and oxygen atoms in total. The summed E-state index contributed by atoms with van der Waals surface area (Å²) < 4.78 is 13.2. The number of halogens is 1.